The third-order valence-corrected chi connectivity index (χ3v) is 2.23. The molecule has 0 aliphatic carbocycles. The van der Waals surface area contributed by atoms with Gasteiger partial charge in [-0.3, -0.25) is 0 Å². The van der Waals surface area contributed by atoms with Gasteiger partial charge in [-0.25, -0.2) is 0 Å². The van der Waals surface area contributed by atoms with Gasteiger partial charge in [-0.1, -0.05) is 34.4 Å². The molecule has 0 amide bonds. The Labute approximate surface area is 101 Å². The molecule has 0 fully saturated rings. The predicted octanol–water partition coefficient (Wildman–Crippen LogP) is 5.59. The van der Waals surface area contributed by atoms with Gasteiger partial charge in [0.05, 0.1) is 0 Å². The minimum absolute atomic E-state index is 1.34. The molecule has 0 saturated carbocycles. The molecule has 0 rings (SSSR count). The summed E-state index contributed by atoms with van der Waals surface area (Å²) in [6.07, 6.45) is 4.55. The number of hydrogen-bond donors (Lipinski definition) is 0. The van der Waals surface area contributed by atoms with Crippen molar-refractivity contribution in [1.29, 1.82) is 0 Å². The van der Waals surface area contributed by atoms with Crippen LogP contribution in [0.2, 0.25) is 0 Å². The fourth-order valence-electron chi connectivity index (χ4n) is 1.56. The Morgan fingerprint density at radius 3 is 0.875 bits per heavy atom. The number of rotatable bonds is 3. The molecule has 0 aliphatic rings. The summed E-state index contributed by atoms with van der Waals surface area (Å²) in [7, 11) is 0. The van der Waals surface area contributed by atoms with Crippen molar-refractivity contribution in [3.63, 3.8) is 0 Å². The van der Waals surface area contributed by atoms with Crippen molar-refractivity contribution < 1.29 is 0 Å². The van der Waals surface area contributed by atoms with Gasteiger partial charge in [0.15, 0.2) is 0 Å². The molecule has 90 valence electrons. The van der Waals surface area contributed by atoms with Gasteiger partial charge < -0.3 is 0 Å². The molecule has 0 bridgehead atoms. The fraction of sp³-hybridized carbons (Fsp3) is 0.500. The van der Waals surface area contributed by atoms with Crippen molar-refractivity contribution in [3.05, 3.63) is 45.6 Å². The van der Waals surface area contributed by atoms with Gasteiger partial charge in [0, 0.05) is 0 Å². The lowest BCUT2D eigenvalue weighted by molar-refractivity contribution is 1.22. The minimum atomic E-state index is 1.34. The molecule has 0 aromatic heterocycles. The van der Waals surface area contributed by atoms with Crippen LogP contribution in [0, 0.1) is 0 Å². The van der Waals surface area contributed by atoms with Crippen LogP contribution in [0.25, 0.3) is 0 Å². The smallest absolute Gasteiger partial charge is 0.0199 e. The Balaban J connectivity index is 5.72. The Hall–Kier alpha value is -1.04. The molecule has 0 radical (unpaired) electrons. The topological polar surface area (TPSA) is 0 Å². The van der Waals surface area contributed by atoms with Crippen LogP contribution in [0.5, 0.6) is 0 Å². The first-order valence-corrected chi connectivity index (χ1v) is 5.90. The molecular formula is C16H26. The Morgan fingerprint density at radius 2 is 0.750 bits per heavy atom. The molecule has 0 aromatic carbocycles. The lowest BCUT2D eigenvalue weighted by atomic mass is 9.94. The highest BCUT2D eigenvalue weighted by molar-refractivity contribution is 5.51. The van der Waals surface area contributed by atoms with E-state index in [1.807, 2.05) is 0 Å². The standard InChI is InChI=1S/C16H26/c1-11(2)9-15(13(5)6)16(14(7)8)10-12(3)4/h9-10H,1-8H3. The lowest BCUT2D eigenvalue weighted by Crippen LogP contribution is -1.92. The highest BCUT2D eigenvalue weighted by atomic mass is 14.1. The summed E-state index contributed by atoms with van der Waals surface area (Å²) in [6, 6.07) is 0. The third kappa shape index (κ3) is 5.16. The Kier molecular flexibility index (Phi) is 6.10. The minimum Gasteiger partial charge on any atom is -0.0758 e. The zero-order valence-corrected chi connectivity index (χ0v) is 12.2. The molecule has 0 spiro atoms. The molecule has 0 atom stereocenters. The van der Waals surface area contributed by atoms with E-state index < -0.39 is 0 Å². The quantitative estimate of drug-likeness (QED) is 0.541. The summed E-state index contributed by atoms with van der Waals surface area (Å²) in [5.41, 5.74) is 8.15. The van der Waals surface area contributed by atoms with Crippen molar-refractivity contribution in [2.45, 2.75) is 55.4 Å². The maximum Gasteiger partial charge on any atom is -0.0199 e. The van der Waals surface area contributed by atoms with Crippen molar-refractivity contribution >= 4 is 0 Å². The van der Waals surface area contributed by atoms with E-state index in [9.17, 15) is 0 Å². The van der Waals surface area contributed by atoms with E-state index in [1.54, 1.807) is 0 Å². The van der Waals surface area contributed by atoms with Gasteiger partial charge in [0.1, 0.15) is 0 Å². The van der Waals surface area contributed by atoms with E-state index in [0.717, 1.165) is 0 Å². The first kappa shape index (κ1) is 15.0. The number of hydrogen-bond acceptors (Lipinski definition) is 0. The van der Waals surface area contributed by atoms with E-state index in [4.69, 9.17) is 0 Å². The average molecular weight is 218 g/mol. The van der Waals surface area contributed by atoms with Gasteiger partial charge in [-0.15, -0.1) is 0 Å². The molecule has 16 heavy (non-hydrogen) atoms. The zero-order valence-electron chi connectivity index (χ0n) is 12.2. The van der Waals surface area contributed by atoms with Crippen LogP contribution >= 0.6 is 0 Å². The molecular weight excluding hydrogens is 192 g/mol. The normalized spacial score (nSPS) is 9.25. The summed E-state index contributed by atoms with van der Waals surface area (Å²) in [5.74, 6) is 0. The van der Waals surface area contributed by atoms with E-state index >= 15 is 0 Å². The summed E-state index contributed by atoms with van der Waals surface area (Å²) < 4.78 is 0. The highest BCUT2D eigenvalue weighted by Gasteiger charge is 2.04. The molecule has 0 N–H and O–H groups in total. The monoisotopic (exact) mass is 218 g/mol. The third-order valence-electron chi connectivity index (χ3n) is 2.23. The Morgan fingerprint density at radius 1 is 0.500 bits per heavy atom. The van der Waals surface area contributed by atoms with Gasteiger partial charge >= 0.3 is 0 Å². The second kappa shape index (κ2) is 6.52. The molecule has 0 heterocycles. The van der Waals surface area contributed by atoms with E-state index in [-0.39, 0.29) is 0 Å². The summed E-state index contributed by atoms with van der Waals surface area (Å²) in [4.78, 5) is 0. The largest absolute Gasteiger partial charge is 0.0758 e. The second-order valence-corrected chi connectivity index (χ2v) is 5.27. The highest BCUT2D eigenvalue weighted by Crippen LogP contribution is 2.23. The maximum absolute atomic E-state index is 2.27. The lowest BCUT2D eigenvalue weighted by Gasteiger charge is -2.11. The molecule has 0 aromatic rings. The molecule has 0 heteroatoms. The SMILES string of the molecule is CC(C)=CC(=C(C)C)C(C=C(C)C)=C(C)C. The molecule has 0 nitrogen and oxygen atoms in total. The van der Waals surface area contributed by atoms with Gasteiger partial charge in [-0.05, 0) is 66.5 Å². The van der Waals surface area contributed by atoms with Gasteiger partial charge in [-0.2, -0.15) is 0 Å². The average Bonchev–Trinajstić information content (AvgIpc) is 2.09. The van der Waals surface area contributed by atoms with Crippen molar-refractivity contribution in [3.8, 4) is 0 Å². The summed E-state index contributed by atoms with van der Waals surface area (Å²) in [5, 5.41) is 0. The number of allylic oxidation sites excluding steroid dienone is 8. The van der Waals surface area contributed by atoms with Gasteiger partial charge in [0.2, 0.25) is 0 Å². The Bertz CT molecular complexity index is 317. The maximum atomic E-state index is 2.27. The molecule has 0 saturated heterocycles. The van der Waals surface area contributed by atoms with Crippen LogP contribution in [-0.2, 0) is 0 Å². The van der Waals surface area contributed by atoms with Crippen LogP contribution in [0.4, 0.5) is 0 Å². The van der Waals surface area contributed by atoms with E-state index in [2.05, 4.69) is 67.5 Å². The first-order valence-electron chi connectivity index (χ1n) is 5.90. The van der Waals surface area contributed by atoms with Crippen LogP contribution < -0.4 is 0 Å². The molecule has 0 aliphatic heterocycles. The van der Waals surface area contributed by atoms with E-state index in [1.165, 1.54) is 33.4 Å². The van der Waals surface area contributed by atoms with Crippen LogP contribution in [0.3, 0.4) is 0 Å². The first-order chi connectivity index (χ1) is 7.25. The van der Waals surface area contributed by atoms with Crippen LogP contribution in [0.1, 0.15) is 55.4 Å². The van der Waals surface area contributed by atoms with Gasteiger partial charge in [0.25, 0.3) is 0 Å². The zero-order chi connectivity index (χ0) is 12.9. The second-order valence-electron chi connectivity index (χ2n) is 5.27. The fourth-order valence-corrected chi connectivity index (χ4v) is 1.56. The van der Waals surface area contributed by atoms with Crippen molar-refractivity contribution in [2.75, 3.05) is 0 Å². The van der Waals surface area contributed by atoms with Crippen LogP contribution in [0.15, 0.2) is 45.6 Å². The summed E-state index contributed by atoms with van der Waals surface area (Å²) >= 11 is 0. The molecule has 0 unspecified atom stereocenters. The summed E-state index contributed by atoms with van der Waals surface area (Å²) in [6.45, 7) is 17.3. The van der Waals surface area contributed by atoms with Crippen molar-refractivity contribution in [1.82, 2.24) is 0 Å². The predicted molar refractivity (Wildman–Crippen MR) is 75.6 cm³/mol. The van der Waals surface area contributed by atoms with Crippen LogP contribution in [-0.4, -0.2) is 0 Å². The van der Waals surface area contributed by atoms with Crippen molar-refractivity contribution in [2.24, 2.45) is 0 Å². The van der Waals surface area contributed by atoms with E-state index in [0.29, 0.717) is 0 Å².